The van der Waals surface area contributed by atoms with E-state index >= 15 is 0 Å². The lowest BCUT2D eigenvalue weighted by Gasteiger charge is -2.14. The van der Waals surface area contributed by atoms with Crippen LogP contribution in [0.2, 0.25) is 0 Å². The fourth-order valence-corrected chi connectivity index (χ4v) is 2.01. The molecule has 1 unspecified atom stereocenters. The number of rotatable bonds is 7. The van der Waals surface area contributed by atoms with Crippen LogP contribution in [0.15, 0.2) is 18.2 Å². The number of halogens is 1. The van der Waals surface area contributed by atoms with E-state index in [9.17, 15) is 9.59 Å². The van der Waals surface area contributed by atoms with E-state index < -0.39 is 6.04 Å². The van der Waals surface area contributed by atoms with Gasteiger partial charge in [0.2, 0.25) is 5.91 Å². The van der Waals surface area contributed by atoms with E-state index in [1.807, 2.05) is 27.7 Å². The topological polar surface area (TPSA) is 84.2 Å². The zero-order chi connectivity index (χ0) is 16.7. The molecular formula is C17H28ClN3O2. The minimum atomic E-state index is -0.501. The number of nitrogens with two attached hydrogens (primary N) is 1. The molecule has 23 heavy (non-hydrogen) atoms. The summed E-state index contributed by atoms with van der Waals surface area (Å²) in [6.45, 7) is 8.58. The molecule has 1 aromatic rings. The third-order valence-corrected chi connectivity index (χ3v) is 3.35. The molecule has 130 valence electrons. The van der Waals surface area contributed by atoms with E-state index in [0.717, 1.165) is 12.0 Å². The molecule has 0 aromatic heterocycles. The highest BCUT2D eigenvalue weighted by atomic mass is 35.5. The lowest BCUT2D eigenvalue weighted by atomic mass is 10.1. The van der Waals surface area contributed by atoms with Crippen LogP contribution in [0.3, 0.4) is 0 Å². The predicted octanol–water partition coefficient (Wildman–Crippen LogP) is 2.87. The van der Waals surface area contributed by atoms with Crippen molar-refractivity contribution in [3.05, 3.63) is 29.3 Å². The highest BCUT2D eigenvalue weighted by molar-refractivity contribution is 5.97. The summed E-state index contributed by atoms with van der Waals surface area (Å²) in [5.74, 6) is 0.114. The molecule has 2 amide bonds. The monoisotopic (exact) mass is 341 g/mol. The van der Waals surface area contributed by atoms with Crippen molar-refractivity contribution in [2.75, 3.05) is 11.9 Å². The number of aryl methyl sites for hydroxylation is 1. The maximum absolute atomic E-state index is 12.0. The van der Waals surface area contributed by atoms with Gasteiger partial charge in [-0.15, -0.1) is 12.4 Å². The lowest BCUT2D eigenvalue weighted by molar-refractivity contribution is -0.117. The zero-order valence-corrected chi connectivity index (χ0v) is 15.1. The Balaban J connectivity index is 0.00000484. The highest BCUT2D eigenvalue weighted by Crippen LogP contribution is 2.17. The Morgan fingerprint density at radius 2 is 1.91 bits per heavy atom. The molecule has 1 aromatic carbocycles. The summed E-state index contributed by atoms with van der Waals surface area (Å²) in [6.07, 6.45) is 1.52. The van der Waals surface area contributed by atoms with Gasteiger partial charge in [0.1, 0.15) is 0 Å². The van der Waals surface area contributed by atoms with Crippen molar-refractivity contribution in [2.24, 2.45) is 11.7 Å². The Morgan fingerprint density at radius 1 is 1.26 bits per heavy atom. The minimum absolute atomic E-state index is 0. The SMILES string of the molecule is CCCC(N)C(=O)Nc1ccc(C(=O)NCC(C)C)cc1C.Cl. The number of benzene rings is 1. The first-order valence-electron chi connectivity index (χ1n) is 7.80. The molecule has 1 rings (SSSR count). The minimum Gasteiger partial charge on any atom is -0.352 e. The Bertz CT molecular complexity index is 533. The molecule has 0 spiro atoms. The van der Waals surface area contributed by atoms with Gasteiger partial charge in [-0.05, 0) is 43.0 Å². The maximum Gasteiger partial charge on any atom is 0.251 e. The van der Waals surface area contributed by atoms with E-state index in [4.69, 9.17) is 5.73 Å². The van der Waals surface area contributed by atoms with Crippen molar-refractivity contribution in [3.63, 3.8) is 0 Å². The van der Waals surface area contributed by atoms with E-state index in [2.05, 4.69) is 10.6 Å². The molecule has 0 aliphatic carbocycles. The third kappa shape index (κ3) is 7.01. The average molecular weight is 342 g/mol. The summed E-state index contributed by atoms with van der Waals surface area (Å²) in [6, 6.07) is 4.73. The summed E-state index contributed by atoms with van der Waals surface area (Å²) in [4.78, 5) is 23.9. The molecule has 0 radical (unpaired) electrons. The maximum atomic E-state index is 12.0. The van der Waals surface area contributed by atoms with Gasteiger partial charge < -0.3 is 16.4 Å². The number of hydrogen-bond acceptors (Lipinski definition) is 3. The predicted molar refractivity (Wildman–Crippen MR) is 97.1 cm³/mol. The highest BCUT2D eigenvalue weighted by Gasteiger charge is 2.14. The van der Waals surface area contributed by atoms with Crippen molar-refractivity contribution < 1.29 is 9.59 Å². The van der Waals surface area contributed by atoms with Crippen LogP contribution >= 0.6 is 12.4 Å². The molecule has 0 saturated heterocycles. The molecule has 1 atom stereocenters. The first-order chi connectivity index (χ1) is 10.3. The number of anilines is 1. The van der Waals surface area contributed by atoms with Crippen molar-refractivity contribution in [2.45, 2.75) is 46.6 Å². The molecular weight excluding hydrogens is 314 g/mol. The molecule has 0 fully saturated rings. The normalized spacial score (nSPS) is 11.6. The smallest absolute Gasteiger partial charge is 0.251 e. The van der Waals surface area contributed by atoms with Crippen LogP contribution in [-0.2, 0) is 4.79 Å². The van der Waals surface area contributed by atoms with Gasteiger partial charge in [-0.3, -0.25) is 9.59 Å². The third-order valence-electron chi connectivity index (χ3n) is 3.35. The van der Waals surface area contributed by atoms with Crippen molar-refractivity contribution >= 4 is 29.9 Å². The Morgan fingerprint density at radius 3 is 2.43 bits per heavy atom. The lowest BCUT2D eigenvalue weighted by Crippen LogP contribution is -2.35. The quantitative estimate of drug-likeness (QED) is 0.713. The van der Waals surface area contributed by atoms with Gasteiger partial charge in [0.15, 0.2) is 0 Å². The fraction of sp³-hybridized carbons (Fsp3) is 0.529. The van der Waals surface area contributed by atoms with Crippen molar-refractivity contribution in [3.8, 4) is 0 Å². The van der Waals surface area contributed by atoms with E-state index in [-0.39, 0.29) is 24.2 Å². The number of nitrogens with one attached hydrogen (secondary N) is 2. The summed E-state index contributed by atoms with van der Waals surface area (Å²) in [5.41, 5.74) is 7.92. The van der Waals surface area contributed by atoms with Crippen LogP contribution < -0.4 is 16.4 Å². The molecule has 5 nitrogen and oxygen atoms in total. The summed E-state index contributed by atoms with van der Waals surface area (Å²) in [7, 11) is 0. The summed E-state index contributed by atoms with van der Waals surface area (Å²) in [5, 5.41) is 5.69. The van der Waals surface area contributed by atoms with Crippen LogP contribution in [0.4, 0.5) is 5.69 Å². The average Bonchev–Trinajstić information content (AvgIpc) is 2.46. The Labute approximate surface area is 144 Å². The number of carbonyl (C=O) groups excluding carboxylic acids is 2. The Kier molecular flexibility index (Phi) is 9.53. The second-order valence-corrected chi connectivity index (χ2v) is 6.02. The van der Waals surface area contributed by atoms with Crippen LogP contribution in [0, 0.1) is 12.8 Å². The van der Waals surface area contributed by atoms with Crippen LogP contribution in [0.1, 0.15) is 49.5 Å². The second kappa shape index (κ2) is 10.2. The zero-order valence-electron chi connectivity index (χ0n) is 14.3. The van der Waals surface area contributed by atoms with Crippen LogP contribution in [0.25, 0.3) is 0 Å². The Hall–Kier alpha value is -1.59. The largest absolute Gasteiger partial charge is 0.352 e. The summed E-state index contributed by atoms with van der Waals surface area (Å²) >= 11 is 0. The molecule has 6 heteroatoms. The van der Waals surface area contributed by atoms with Gasteiger partial charge in [-0.2, -0.15) is 0 Å². The van der Waals surface area contributed by atoms with E-state index in [1.54, 1.807) is 18.2 Å². The first-order valence-corrected chi connectivity index (χ1v) is 7.80. The van der Waals surface area contributed by atoms with Crippen molar-refractivity contribution in [1.82, 2.24) is 5.32 Å². The van der Waals surface area contributed by atoms with E-state index in [1.165, 1.54) is 0 Å². The van der Waals surface area contributed by atoms with E-state index in [0.29, 0.717) is 30.1 Å². The number of hydrogen-bond donors (Lipinski definition) is 3. The van der Waals surface area contributed by atoms with Gasteiger partial charge in [0.05, 0.1) is 6.04 Å². The van der Waals surface area contributed by atoms with Gasteiger partial charge in [0.25, 0.3) is 5.91 Å². The van der Waals surface area contributed by atoms with Crippen LogP contribution in [-0.4, -0.2) is 24.4 Å². The molecule has 4 N–H and O–H groups in total. The van der Waals surface area contributed by atoms with Crippen molar-refractivity contribution in [1.29, 1.82) is 0 Å². The number of carbonyl (C=O) groups is 2. The van der Waals surface area contributed by atoms with Gasteiger partial charge in [-0.25, -0.2) is 0 Å². The summed E-state index contributed by atoms with van der Waals surface area (Å²) < 4.78 is 0. The molecule has 0 bridgehead atoms. The molecule has 0 saturated carbocycles. The fourth-order valence-electron chi connectivity index (χ4n) is 2.01. The molecule has 0 heterocycles. The first kappa shape index (κ1) is 21.4. The number of amides is 2. The molecule has 0 aliphatic rings. The van der Waals surface area contributed by atoms with Gasteiger partial charge in [-0.1, -0.05) is 27.2 Å². The molecule has 0 aliphatic heterocycles. The van der Waals surface area contributed by atoms with Gasteiger partial charge in [0, 0.05) is 17.8 Å². The van der Waals surface area contributed by atoms with Crippen LogP contribution in [0.5, 0.6) is 0 Å². The van der Waals surface area contributed by atoms with Gasteiger partial charge >= 0.3 is 0 Å². The second-order valence-electron chi connectivity index (χ2n) is 6.02. The standard InChI is InChI=1S/C17H27N3O2.ClH/c1-5-6-14(18)17(22)20-15-8-7-13(9-12(15)4)16(21)19-10-11(2)3;/h7-9,11,14H,5-6,10,18H2,1-4H3,(H,19,21)(H,20,22);1H.